The van der Waals surface area contributed by atoms with E-state index < -0.39 is 0 Å². The van der Waals surface area contributed by atoms with Crippen LogP contribution < -0.4 is 14.8 Å². The summed E-state index contributed by atoms with van der Waals surface area (Å²) in [5.41, 5.74) is 0.565. The van der Waals surface area contributed by atoms with E-state index in [1.165, 1.54) is 12.8 Å². The highest BCUT2D eigenvalue weighted by molar-refractivity contribution is 6.32. The second kappa shape index (κ2) is 5.64. The molecule has 1 aromatic carbocycles. The van der Waals surface area contributed by atoms with Gasteiger partial charge in [0.15, 0.2) is 0 Å². The fourth-order valence-electron chi connectivity index (χ4n) is 3.27. The molecule has 1 aliphatic heterocycles. The van der Waals surface area contributed by atoms with Crippen LogP contribution in [0, 0.1) is 5.92 Å². The molecule has 0 bridgehead atoms. The zero-order valence-electron chi connectivity index (χ0n) is 12.2. The summed E-state index contributed by atoms with van der Waals surface area (Å²) < 4.78 is 10.4. The van der Waals surface area contributed by atoms with Crippen molar-refractivity contribution in [2.75, 3.05) is 26.1 Å². The summed E-state index contributed by atoms with van der Waals surface area (Å²) >= 11 is 6.11. The lowest BCUT2D eigenvalue weighted by atomic mass is 9.92. The zero-order chi connectivity index (χ0) is 15.0. The Kier molecular flexibility index (Phi) is 3.85. The molecule has 1 N–H and O–H groups in total. The number of methoxy groups -OCH3 is 2. The van der Waals surface area contributed by atoms with Gasteiger partial charge in [-0.1, -0.05) is 18.0 Å². The molecule has 5 nitrogen and oxygen atoms in total. The van der Waals surface area contributed by atoms with Gasteiger partial charge in [-0.25, -0.2) is 4.79 Å². The second-order valence-electron chi connectivity index (χ2n) is 5.53. The number of anilines is 1. The van der Waals surface area contributed by atoms with Crippen LogP contribution in [0.3, 0.4) is 0 Å². The van der Waals surface area contributed by atoms with E-state index >= 15 is 0 Å². The van der Waals surface area contributed by atoms with Crippen LogP contribution in [0.15, 0.2) is 12.1 Å². The fraction of sp³-hybridized carbons (Fsp3) is 0.533. The van der Waals surface area contributed by atoms with Crippen LogP contribution in [0.1, 0.15) is 19.3 Å². The van der Waals surface area contributed by atoms with E-state index in [-0.39, 0.29) is 6.03 Å². The number of nitrogens with zero attached hydrogens (tertiary/aromatic N) is 1. The van der Waals surface area contributed by atoms with Gasteiger partial charge in [-0.05, 0) is 24.8 Å². The van der Waals surface area contributed by atoms with Crippen molar-refractivity contribution >= 4 is 23.3 Å². The Balaban J connectivity index is 1.75. The third-order valence-corrected chi connectivity index (χ3v) is 4.72. The van der Waals surface area contributed by atoms with Gasteiger partial charge in [0.25, 0.3) is 0 Å². The number of halogens is 1. The van der Waals surface area contributed by atoms with Crippen LogP contribution in [0.5, 0.6) is 11.5 Å². The first-order valence-corrected chi connectivity index (χ1v) is 7.51. The molecule has 0 spiro atoms. The fourth-order valence-corrected chi connectivity index (χ4v) is 3.51. The number of benzene rings is 1. The number of carbonyl (C=O) groups is 1. The SMILES string of the molecule is COc1cc(OC)c(NC(=O)N2C[C@@H]3CCC[C@H]32)cc1Cl. The van der Waals surface area contributed by atoms with Crippen molar-refractivity contribution in [1.82, 2.24) is 4.90 Å². The number of amides is 2. The molecule has 2 atom stereocenters. The molecule has 2 aliphatic rings. The first kappa shape index (κ1) is 14.3. The highest BCUT2D eigenvalue weighted by Crippen LogP contribution is 2.40. The number of hydrogen-bond donors (Lipinski definition) is 1. The van der Waals surface area contributed by atoms with E-state index in [4.69, 9.17) is 21.1 Å². The van der Waals surface area contributed by atoms with Gasteiger partial charge in [0.05, 0.1) is 24.9 Å². The third-order valence-electron chi connectivity index (χ3n) is 4.43. The molecule has 1 aromatic rings. The summed E-state index contributed by atoms with van der Waals surface area (Å²) in [6.45, 7) is 0.850. The van der Waals surface area contributed by atoms with Gasteiger partial charge in [0, 0.05) is 18.7 Å². The first-order chi connectivity index (χ1) is 10.1. The van der Waals surface area contributed by atoms with Gasteiger partial charge in [0.1, 0.15) is 11.5 Å². The summed E-state index contributed by atoms with van der Waals surface area (Å²) in [5.74, 6) is 1.75. The molecular weight excluding hydrogens is 292 g/mol. The van der Waals surface area contributed by atoms with E-state index in [2.05, 4.69) is 5.32 Å². The topological polar surface area (TPSA) is 50.8 Å². The van der Waals surface area contributed by atoms with Gasteiger partial charge >= 0.3 is 6.03 Å². The molecule has 114 valence electrons. The lowest BCUT2D eigenvalue weighted by Crippen LogP contribution is -2.57. The van der Waals surface area contributed by atoms with Gasteiger partial charge in [-0.2, -0.15) is 0 Å². The molecule has 2 fully saturated rings. The highest BCUT2D eigenvalue weighted by atomic mass is 35.5. The van der Waals surface area contributed by atoms with Gasteiger partial charge < -0.3 is 19.7 Å². The minimum Gasteiger partial charge on any atom is -0.495 e. The Bertz CT molecular complexity index is 564. The van der Waals surface area contributed by atoms with Crippen LogP contribution in [0.2, 0.25) is 5.02 Å². The molecule has 3 rings (SSSR count). The van der Waals surface area contributed by atoms with Crippen molar-refractivity contribution in [2.45, 2.75) is 25.3 Å². The smallest absolute Gasteiger partial charge is 0.322 e. The molecule has 1 aliphatic carbocycles. The van der Waals surface area contributed by atoms with Crippen molar-refractivity contribution in [1.29, 1.82) is 0 Å². The molecule has 1 saturated heterocycles. The Labute approximate surface area is 129 Å². The Hall–Kier alpha value is -1.62. The number of urea groups is 1. The van der Waals surface area contributed by atoms with Crippen LogP contribution in [0.4, 0.5) is 10.5 Å². The maximum absolute atomic E-state index is 12.4. The average Bonchev–Trinajstić information content (AvgIpc) is 2.80. The number of fused-ring (bicyclic) bond motifs is 1. The number of nitrogens with one attached hydrogen (secondary N) is 1. The normalized spacial score (nSPS) is 23.3. The minimum atomic E-state index is -0.0855. The van der Waals surface area contributed by atoms with E-state index in [1.54, 1.807) is 26.4 Å². The summed E-state index contributed by atoms with van der Waals surface area (Å²) in [5, 5.41) is 3.33. The number of hydrogen-bond acceptors (Lipinski definition) is 3. The van der Waals surface area contributed by atoms with E-state index in [9.17, 15) is 4.79 Å². The molecule has 6 heteroatoms. The van der Waals surface area contributed by atoms with Gasteiger partial charge in [-0.15, -0.1) is 0 Å². The molecular formula is C15H19ClN2O3. The van der Waals surface area contributed by atoms with Crippen molar-refractivity contribution in [3.05, 3.63) is 17.2 Å². The predicted molar refractivity (Wildman–Crippen MR) is 81.4 cm³/mol. The molecule has 0 aromatic heterocycles. The molecule has 1 heterocycles. The molecule has 2 amide bonds. The third kappa shape index (κ3) is 2.50. The number of ether oxygens (including phenoxy) is 2. The van der Waals surface area contributed by atoms with Crippen LogP contribution in [-0.4, -0.2) is 37.7 Å². The highest BCUT2D eigenvalue weighted by Gasteiger charge is 2.44. The van der Waals surface area contributed by atoms with E-state index in [0.29, 0.717) is 34.2 Å². The Morgan fingerprint density at radius 2 is 2.05 bits per heavy atom. The van der Waals surface area contributed by atoms with Crippen LogP contribution in [0.25, 0.3) is 0 Å². The summed E-state index contributed by atoms with van der Waals surface area (Å²) in [6, 6.07) is 3.65. The summed E-state index contributed by atoms with van der Waals surface area (Å²) in [4.78, 5) is 14.3. The number of rotatable bonds is 3. The quantitative estimate of drug-likeness (QED) is 0.931. The zero-order valence-corrected chi connectivity index (χ0v) is 12.9. The van der Waals surface area contributed by atoms with Gasteiger partial charge in [0.2, 0.25) is 0 Å². The molecule has 21 heavy (non-hydrogen) atoms. The maximum Gasteiger partial charge on any atom is 0.322 e. The van der Waals surface area contributed by atoms with Crippen molar-refractivity contribution in [2.24, 2.45) is 5.92 Å². The van der Waals surface area contributed by atoms with Crippen LogP contribution in [-0.2, 0) is 0 Å². The monoisotopic (exact) mass is 310 g/mol. The second-order valence-corrected chi connectivity index (χ2v) is 5.94. The maximum atomic E-state index is 12.4. The van der Waals surface area contributed by atoms with E-state index in [1.807, 2.05) is 4.90 Å². The predicted octanol–water partition coefficient (Wildman–Crippen LogP) is 3.37. The van der Waals surface area contributed by atoms with Crippen molar-refractivity contribution < 1.29 is 14.3 Å². The Morgan fingerprint density at radius 3 is 2.71 bits per heavy atom. The van der Waals surface area contributed by atoms with Crippen molar-refractivity contribution in [3.8, 4) is 11.5 Å². The largest absolute Gasteiger partial charge is 0.495 e. The average molecular weight is 311 g/mol. The molecule has 1 saturated carbocycles. The molecule has 0 unspecified atom stereocenters. The summed E-state index contributed by atoms with van der Waals surface area (Å²) in [7, 11) is 3.09. The minimum absolute atomic E-state index is 0.0855. The van der Waals surface area contributed by atoms with Gasteiger partial charge in [-0.3, -0.25) is 0 Å². The Morgan fingerprint density at radius 1 is 1.29 bits per heavy atom. The first-order valence-electron chi connectivity index (χ1n) is 7.13. The lowest BCUT2D eigenvalue weighted by Gasteiger charge is -2.44. The number of likely N-dealkylation sites (tertiary alicyclic amines) is 1. The summed E-state index contributed by atoms with van der Waals surface area (Å²) in [6.07, 6.45) is 3.57. The van der Waals surface area contributed by atoms with Crippen LogP contribution >= 0.6 is 11.6 Å². The molecule has 0 radical (unpaired) electrons. The van der Waals surface area contributed by atoms with E-state index in [0.717, 1.165) is 13.0 Å². The number of carbonyl (C=O) groups excluding carboxylic acids is 1. The van der Waals surface area contributed by atoms with Crippen molar-refractivity contribution in [3.63, 3.8) is 0 Å². The standard InChI is InChI=1S/C15H19ClN2O3/c1-20-13-7-14(21-2)11(6-10(13)16)17-15(19)18-8-9-4-3-5-12(9)18/h6-7,9,12H,3-5,8H2,1-2H3,(H,17,19)/t9-,12+/m0/s1. The lowest BCUT2D eigenvalue weighted by molar-refractivity contribution is 0.0797.